The Morgan fingerprint density at radius 3 is 2.64 bits per heavy atom. The lowest BCUT2D eigenvalue weighted by molar-refractivity contribution is 0.0754. The van der Waals surface area contributed by atoms with Crippen LogP contribution in [0.25, 0.3) is 0 Å². The number of carbonyl (C=O) groups excluding carboxylic acids is 1. The van der Waals surface area contributed by atoms with Crippen LogP contribution in [-0.2, 0) is 0 Å². The van der Waals surface area contributed by atoms with E-state index in [9.17, 15) is 4.79 Å². The Morgan fingerprint density at radius 1 is 1.09 bits per heavy atom. The summed E-state index contributed by atoms with van der Waals surface area (Å²) in [5.41, 5.74) is 0.566. The highest BCUT2D eigenvalue weighted by Gasteiger charge is 2.25. The van der Waals surface area contributed by atoms with Crippen molar-refractivity contribution in [2.45, 2.75) is 12.5 Å². The summed E-state index contributed by atoms with van der Waals surface area (Å²) in [6.07, 6.45) is 2.75. The molecule has 2 saturated heterocycles. The molecule has 0 saturated carbocycles. The fourth-order valence-electron chi connectivity index (χ4n) is 2.97. The van der Waals surface area contributed by atoms with Crippen LogP contribution in [-0.4, -0.2) is 75.9 Å². The van der Waals surface area contributed by atoms with Gasteiger partial charge in [0, 0.05) is 61.4 Å². The Kier molecular flexibility index (Phi) is 6.04. The van der Waals surface area contributed by atoms with Crippen molar-refractivity contribution in [1.82, 2.24) is 14.8 Å². The summed E-state index contributed by atoms with van der Waals surface area (Å²) in [4.78, 5) is 21.3. The first-order valence-corrected chi connectivity index (χ1v) is 10.3. The standard InChI is InChI=1S/C16H23N3OS2/c20-16(15-4-1-2-5-17-15)19-7-3-6-18(8-9-19)14-12-21-10-11-22-13-14/h1-2,4-5,14H,3,6-13H2. The highest BCUT2D eigenvalue weighted by atomic mass is 32.2. The Balaban J connectivity index is 1.58. The molecule has 0 N–H and O–H groups in total. The molecule has 1 aromatic rings. The first kappa shape index (κ1) is 16.1. The number of nitrogens with zero attached hydrogens (tertiary/aromatic N) is 3. The molecular formula is C16H23N3OS2. The Hall–Kier alpha value is -0.720. The van der Waals surface area contributed by atoms with Gasteiger partial charge in [-0.05, 0) is 18.6 Å². The maximum absolute atomic E-state index is 12.5. The van der Waals surface area contributed by atoms with Gasteiger partial charge in [0.1, 0.15) is 5.69 Å². The molecule has 3 rings (SSSR count). The van der Waals surface area contributed by atoms with Crippen LogP contribution in [0.1, 0.15) is 16.9 Å². The highest BCUT2D eigenvalue weighted by molar-refractivity contribution is 8.03. The monoisotopic (exact) mass is 337 g/mol. The molecule has 0 radical (unpaired) electrons. The summed E-state index contributed by atoms with van der Waals surface area (Å²) in [5, 5.41) is 0. The van der Waals surface area contributed by atoms with Crippen molar-refractivity contribution >= 4 is 29.4 Å². The maximum atomic E-state index is 12.5. The number of rotatable bonds is 2. The number of carbonyl (C=O) groups is 1. The molecule has 22 heavy (non-hydrogen) atoms. The molecule has 2 fully saturated rings. The lowest BCUT2D eigenvalue weighted by atomic mass is 10.3. The molecule has 0 bridgehead atoms. The van der Waals surface area contributed by atoms with Gasteiger partial charge in [-0.15, -0.1) is 0 Å². The van der Waals surface area contributed by atoms with Crippen molar-refractivity contribution in [3.63, 3.8) is 0 Å². The van der Waals surface area contributed by atoms with Gasteiger partial charge in [0.15, 0.2) is 0 Å². The topological polar surface area (TPSA) is 36.4 Å². The fraction of sp³-hybridized carbons (Fsp3) is 0.625. The molecule has 0 aromatic carbocycles. The summed E-state index contributed by atoms with van der Waals surface area (Å²) in [5.74, 6) is 5.10. The molecule has 0 spiro atoms. The number of hydrogen-bond acceptors (Lipinski definition) is 5. The van der Waals surface area contributed by atoms with Crippen molar-refractivity contribution in [3.8, 4) is 0 Å². The molecule has 6 heteroatoms. The number of amides is 1. The number of hydrogen-bond donors (Lipinski definition) is 0. The lowest BCUT2D eigenvalue weighted by Crippen LogP contribution is -2.42. The molecular weight excluding hydrogens is 314 g/mol. The quantitative estimate of drug-likeness (QED) is 0.826. The van der Waals surface area contributed by atoms with Crippen LogP contribution in [0.3, 0.4) is 0 Å². The zero-order chi connectivity index (χ0) is 15.2. The Morgan fingerprint density at radius 2 is 1.91 bits per heavy atom. The third-order valence-corrected chi connectivity index (χ3v) is 6.70. The molecule has 0 aliphatic carbocycles. The van der Waals surface area contributed by atoms with E-state index in [2.05, 4.69) is 33.4 Å². The summed E-state index contributed by atoms with van der Waals surface area (Å²) in [6, 6.07) is 6.21. The van der Waals surface area contributed by atoms with E-state index in [1.54, 1.807) is 6.20 Å². The van der Waals surface area contributed by atoms with Crippen LogP contribution in [0.4, 0.5) is 0 Å². The smallest absolute Gasteiger partial charge is 0.272 e. The van der Waals surface area contributed by atoms with Gasteiger partial charge in [-0.3, -0.25) is 14.7 Å². The normalized spacial score (nSPS) is 22.1. The van der Waals surface area contributed by atoms with Crippen molar-refractivity contribution < 1.29 is 4.79 Å². The van der Waals surface area contributed by atoms with Crippen LogP contribution in [0, 0.1) is 0 Å². The van der Waals surface area contributed by atoms with Gasteiger partial charge in [-0.25, -0.2) is 0 Å². The number of aromatic nitrogens is 1. The second-order valence-corrected chi connectivity index (χ2v) is 8.00. The number of thioether (sulfide) groups is 2. The second-order valence-electron chi connectivity index (χ2n) is 5.70. The minimum Gasteiger partial charge on any atom is -0.336 e. The Bertz CT molecular complexity index is 478. The molecule has 0 unspecified atom stereocenters. The van der Waals surface area contributed by atoms with E-state index in [4.69, 9.17) is 0 Å². The van der Waals surface area contributed by atoms with Crippen molar-refractivity contribution in [3.05, 3.63) is 30.1 Å². The molecule has 1 aromatic heterocycles. The fourth-order valence-corrected chi connectivity index (χ4v) is 5.60. The van der Waals surface area contributed by atoms with Crippen LogP contribution < -0.4 is 0 Å². The van der Waals surface area contributed by atoms with E-state index in [0.29, 0.717) is 11.7 Å². The first-order chi connectivity index (χ1) is 10.8. The molecule has 4 nitrogen and oxygen atoms in total. The van der Waals surface area contributed by atoms with Gasteiger partial charge < -0.3 is 4.90 Å². The largest absolute Gasteiger partial charge is 0.336 e. The van der Waals surface area contributed by atoms with Crippen LogP contribution in [0.5, 0.6) is 0 Å². The Labute approximate surface area is 141 Å². The summed E-state index contributed by atoms with van der Waals surface area (Å²) < 4.78 is 0. The summed E-state index contributed by atoms with van der Waals surface area (Å²) in [6.45, 7) is 3.77. The maximum Gasteiger partial charge on any atom is 0.272 e. The lowest BCUT2D eigenvalue weighted by Gasteiger charge is -2.29. The molecule has 3 heterocycles. The highest BCUT2D eigenvalue weighted by Crippen LogP contribution is 2.21. The first-order valence-electron chi connectivity index (χ1n) is 7.94. The SMILES string of the molecule is O=C(c1ccccn1)N1CCCN(C2CSCCSC2)CC1. The minimum atomic E-state index is 0.0760. The van der Waals surface area contributed by atoms with Crippen LogP contribution in [0.2, 0.25) is 0 Å². The molecule has 1 amide bonds. The van der Waals surface area contributed by atoms with E-state index >= 15 is 0 Å². The zero-order valence-electron chi connectivity index (χ0n) is 12.8. The van der Waals surface area contributed by atoms with E-state index < -0.39 is 0 Å². The zero-order valence-corrected chi connectivity index (χ0v) is 14.5. The molecule has 120 valence electrons. The van der Waals surface area contributed by atoms with Gasteiger partial charge in [0.05, 0.1) is 0 Å². The molecule has 2 aliphatic rings. The predicted octanol–water partition coefficient (Wildman–Crippen LogP) is 2.08. The van der Waals surface area contributed by atoms with Crippen molar-refractivity contribution in [1.29, 1.82) is 0 Å². The van der Waals surface area contributed by atoms with Gasteiger partial charge in [0.2, 0.25) is 0 Å². The van der Waals surface area contributed by atoms with E-state index in [1.165, 1.54) is 23.0 Å². The average molecular weight is 338 g/mol. The van der Waals surface area contributed by atoms with Crippen LogP contribution >= 0.6 is 23.5 Å². The van der Waals surface area contributed by atoms with Gasteiger partial charge in [0.25, 0.3) is 5.91 Å². The minimum absolute atomic E-state index is 0.0760. The van der Waals surface area contributed by atoms with E-state index in [0.717, 1.165) is 32.6 Å². The van der Waals surface area contributed by atoms with Crippen molar-refractivity contribution in [2.24, 2.45) is 0 Å². The van der Waals surface area contributed by atoms with Crippen LogP contribution in [0.15, 0.2) is 24.4 Å². The molecule has 2 aliphatic heterocycles. The van der Waals surface area contributed by atoms with E-state index in [1.807, 2.05) is 23.1 Å². The van der Waals surface area contributed by atoms with Gasteiger partial charge in [-0.1, -0.05) is 6.07 Å². The summed E-state index contributed by atoms with van der Waals surface area (Å²) >= 11 is 4.15. The average Bonchev–Trinajstić information content (AvgIpc) is 2.97. The third kappa shape index (κ3) is 4.18. The molecule has 0 atom stereocenters. The van der Waals surface area contributed by atoms with Crippen molar-refractivity contribution in [2.75, 3.05) is 49.2 Å². The van der Waals surface area contributed by atoms with E-state index in [-0.39, 0.29) is 5.91 Å². The predicted molar refractivity (Wildman–Crippen MR) is 94.8 cm³/mol. The number of pyridine rings is 1. The van der Waals surface area contributed by atoms with Gasteiger partial charge >= 0.3 is 0 Å². The third-order valence-electron chi connectivity index (χ3n) is 4.21. The second kappa shape index (κ2) is 8.22. The summed E-state index contributed by atoms with van der Waals surface area (Å²) in [7, 11) is 0. The van der Waals surface area contributed by atoms with Gasteiger partial charge in [-0.2, -0.15) is 23.5 Å².